The maximum absolute atomic E-state index is 11.8. The highest BCUT2D eigenvalue weighted by atomic mass is 35.5. The number of carboxylic acid groups (broad SMARTS) is 1. The van der Waals surface area contributed by atoms with E-state index in [0.29, 0.717) is 5.65 Å². The molecule has 0 unspecified atom stereocenters. The number of carbonyl (C=O) groups excluding carboxylic acids is 1. The number of benzene rings is 1. The highest BCUT2D eigenvalue weighted by Gasteiger charge is 2.19. The van der Waals surface area contributed by atoms with Crippen molar-refractivity contribution in [2.45, 2.75) is 6.42 Å². The number of halogens is 1. The molecule has 0 aliphatic heterocycles. The molecule has 1 aliphatic rings. The Labute approximate surface area is 187 Å². The number of pyridine rings is 1. The first-order valence-electron chi connectivity index (χ1n) is 9.58. The van der Waals surface area contributed by atoms with Crippen LogP contribution in [0.5, 0.6) is 0 Å². The monoisotopic (exact) mass is 448 g/mol. The molecule has 0 saturated carbocycles. The number of nitrogens with one attached hydrogen (secondary N) is 2. The van der Waals surface area contributed by atoms with E-state index in [4.69, 9.17) is 16.7 Å². The number of allylic oxidation sites excluding steroid dienone is 2. The summed E-state index contributed by atoms with van der Waals surface area (Å²) in [6, 6.07) is 13.7. The lowest BCUT2D eigenvalue weighted by Gasteiger charge is -2.04. The molecule has 1 aliphatic carbocycles. The van der Waals surface area contributed by atoms with Crippen molar-refractivity contribution < 1.29 is 19.4 Å². The molecule has 0 fully saturated rings. The Hall–Kier alpha value is -4.17. The van der Waals surface area contributed by atoms with Crippen LogP contribution in [0.1, 0.15) is 6.42 Å². The van der Waals surface area contributed by atoms with Gasteiger partial charge in [-0.15, -0.1) is 0 Å². The Morgan fingerprint density at radius 3 is 2.66 bits per heavy atom. The minimum absolute atomic E-state index is 0.122. The summed E-state index contributed by atoms with van der Waals surface area (Å²) in [6.45, 7) is 0. The Bertz CT molecular complexity index is 1370. The van der Waals surface area contributed by atoms with Crippen molar-refractivity contribution in [1.82, 2.24) is 15.2 Å². The Morgan fingerprint density at radius 2 is 1.94 bits per heavy atom. The number of rotatable bonds is 3. The van der Waals surface area contributed by atoms with Crippen molar-refractivity contribution in [2.75, 3.05) is 0 Å². The van der Waals surface area contributed by atoms with E-state index < -0.39 is 5.97 Å². The number of aliphatic carboxylic acids is 1. The maximum atomic E-state index is 11.8. The van der Waals surface area contributed by atoms with Crippen LogP contribution in [-0.4, -0.2) is 32.0 Å². The summed E-state index contributed by atoms with van der Waals surface area (Å²) in [5, 5.41) is 28.1. The highest BCUT2D eigenvalue weighted by Crippen LogP contribution is 2.33. The second kappa shape index (κ2) is 8.91. The van der Waals surface area contributed by atoms with Crippen LogP contribution in [0.2, 0.25) is 0 Å². The van der Waals surface area contributed by atoms with Gasteiger partial charge in [0.2, 0.25) is 0 Å². The quantitative estimate of drug-likeness (QED) is 0.323. The van der Waals surface area contributed by atoms with Crippen molar-refractivity contribution in [3.63, 3.8) is 0 Å². The van der Waals surface area contributed by atoms with E-state index in [1.165, 1.54) is 18.3 Å². The number of fused-ring (bicyclic) bond motifs is 1. The summed E-state index contributed by atoms with van der Waals surface area (Å²) in [6.07, 6.45) is 8.13. The van der Waals surface area contributed by atoms with Crippen LogP contribution in [0.15, 0.2) is 83.8 Å². The van der Waals surface area contributed by atoms with Gasteiger partial charge in [0.1, 0.15) is 0 Å². The van der Waals surface area contributed by atoms with Gasteiger partial charge in [0, 0.05) is 12.0 Å². The summed E-state index contributed by atoms with van der Waals surface area (Å²) < 4.78 is 0.831. The fourth-order valence-corrected chi connectivity index (χ4v) is 3.58. The van der Waals surface area contributed by atoms with Gasteiger partial charge in [-0.05, 0) is 23.8 Å². The molecule has 0 spiro atoms. The van der Waals surface area contributed by atoms with Gasteiger partial charge < -0.3 is 10.3 Å². The lowest BCUT2D eigenvalue weighted by Crippen LogP contribution is -2.25. The molecule has 3 aromatic heterocycles. The summed E-state index contributed by atoms with van der Waals surface area (Å²) in [4.78, 5) is 24.2. The highest BCUT2D eigenvalue weighted by molar-refractivity contribution is 6.45. The van der Waals surface area contributed by atoms with Crippen LogP contribution in [0.3, 0.4) is 0 Å². The third kappa shape index (κ3) is 4.03. The third-order valence-corrected chi connectivity index (χ3v) is 5.31. The zero-order valence-electron chi connectivity index (χ0n) is 16.6. The van der Waals surface area contributed by atoms with Gasteiger partial charge in [-0.3, -0.25) is 9.89 Å². The second-order valence-corrected chi connectivity index (χ2v) is 7.26. The molecule has 3 heterocycles. The summed E-state index contributed by atoms with van der Waals surface area (Å²) in [7, 11) is 0. The standard InChI is InChI=1S/C16H12N4O.C7H5ClO3/c21-20-8-4-7-12-14(9-17-16(12)20)15-13(10-18-19-15)11-5-2-1-3-6-11;8-6-4(7(10)11)2-1-3-5(6)9/h1-10,17H,(H,18,19);1-2H,3H2,(H,10,11). The van der Waals surface area contributed by atoms with Crippen LogP contribution in [0, 0.1) is 5.21 Å². The summed E-state index contributed by atoms with van der Waals surface area (Å²) in [5.74, 6) is -1.51. The molecule has 0 radical (unpaired) electrons. The Balaban J connectivity index is 0.000000189. The van der Waals surface area contributed by atoms with Crippen LogP contribution < -0.4 is 4.73 Å². The molecule has 0 amide bonds. The first-order chi connectivity index (χ1) is 15.5. The first kappa shape index (κ1) is 21.1. The van der Waals surface area contributed by atoms with Gasteiger partial charge in [0.05, 0.1) is 45.8 Å². The molecule has 0 bridgehead atoms. The number of Topliss-reactive ketones (excluding diaryl/α,β-unsaturated/α-hetero) is 1. The molecule has 4 aromatic rings. The number of nitrogens with zero attached hydrogens (tertiary/aromatic N) is 2. The van der Waals surface area contributed by atoms with Crippen LogP contribution in [-0.2, 0) is 9.59 Å². The molecule has 0 atom stereocenters. The van der Waals surface area contributed by atoms with Crippen LogP contribution in [0.4, 0.5) is 0 Å². The van der Waals surface area contributed by atoms with E-state index in [1.54, 1.807) is 12.3 Å². The first-order valence-corrected chi connectivity index (χ1v) is 9.96. The molecule has 32 heavy (non-hydrogen) atoms. The third-order valence-electron chi connectivity index (χ3n) is 4.90. The van der Waals surface area contributed by atoms with Crippen LogP contribution in [0.25, 0.3) is 33.4 Å². The zero-order valence-corrected chi connectivity index (χ0v) is 17.3. The van der Waals surface area contributed by atoms with Crippen molar-refractivity contribution in [1.29, 1.82) is 0 Å². The molecule has 0 saturated heterocycles. The fourth-order valence-electron chi connectivity index (χ4n) is 3.36. The number of carboxylic acids is 1. The summed E-state index contributed by atoms with van der Waals surface area (Å²) >= 11 is 5.43. The SMILES string of the molecule is O=C(O)C1=C(Cl)C(=O)CC=C1.[O-][n+]1cccc2c(-c3[nH]ncc3-c3ccccc3)c[nH]c21. The number of ketones is 1. The van der Waals surface area contributed by atoms with E-state index in [-0.39, 0.29) is 22.8 Å². The number of aromatic amines is 2. The van der Waals surface area contributed by atoms with E-state index in [2.05, 4.69) is 15.2 Å². The number of hydrogen-bond donors (Lipinski definition) is 3. The van der Waals surface area contributed by atoms with Crippen LogP contribution >= 0.6 is 11.6 Å². The Kier molecular flexibility index (Phi) is 5.87. The lowest BCUT2D eigenvalue weighted by atomic mass is 10.0. The number of carbonyl (C=O) groups is 2. The minimum Gasteiger partial charge on any atom is -0.711 e. The van der Waals surface area contributed by atoms with Crippen molar-refractivity contribution in [3.8, 4) is 22.4 Å². The minimum atomic E-state index is -1.17. The lowest BCUT2D eigenvalue weighted by molar-refractivity contribution is -0.579. The van der Waals surface area contributed by atoms with E-state index in [9.17, 15) is 14.8 Å². The topological polar surface area (TPSA) is 126 Å². The second-order valence-electron chi connectivity index (χ2n) is 6.89. The normalized spacial score (nSPS) is 13.2. The van der Waals surface area contributed by atoms with Gasteiger partial charge in [0.25, 0.3) is 5.65 Å². The van der Waals surface area contributed by atoms with Gasteiger partial charge in [-0.1, -0.05) is 48.0 Å². The molecule has 5 rings (SSSR count). The maximum Gasteiger partial charge on any atom is 0.337 e. The van der Waals surface area contributed by atoms with Gasteiger partial charge in [-0.25, -0.2) is 14.5 Å². The van der Waals surface area contributed by atoms with Gasteiger partial charge in [0.15, 0.2) is 5.78 Å². The molecule has 9 heteroatoms. The predicted octanol–water partition coefficient (Wildman–Crippen LogP) is 3.95. The zero-order chi connectivity index (χ0) is 22.7. The average molecular weight is 449 g/mol. The van der Waals surface area contributed by atoms with Gasteiger partial charge >= 0.3 is 5.97 Å². The number of aromatic nitrogens is 4. The fraction of sp³-hybridized carbons (Fsp3) is 0.0435. The van der Waals surface area contributed by atoms with E-state index >= 15 is 0 Å². The molecule has 3 N–H and O–H groups in total. The largest absolute Gasteiger partial charge is 0.711 e. The number of H-pyrrole nitrogens is 2. The predicted molar refractivity (Wildman–Crippen MR) is 120 cm³/mol. The molecule has 160 valence electrons. The average Bonchev–Trinajstić information content (AvgIpc) is 3.44. The van der Waals surface area contributed by atoms with Crippen molar-refractivity contribution in [2.24, 2.45) is 0 Å². The smallest absolute Gasteiger partial charge is 0.337 e. The van der Waals surface area contributed by atoms with Gasteiger partial charge in [-0.2, -0.15) is 5.10 Å². The van der Waals surface area contributed by atoms with Crippen molar-refractivity contribution >= 4 is 34.4 Å². The molecule has 8 nitrogen and oxygen atoms in total. The summed E-state index contributed by atoms with van der Waals surface area (Å²) in [5.41, 5.74) is 4.36. The Morgan fingerprint density at radius 1 is 1.16 bits per heavy atom. The molecular formula is C23H17ClN4O4. The number of hydrogen-bond acceptors (Lipinski definition) is 4. The van der Waals surface area contributed by atoms with Crippen molar-refractivity contribution in [3.05, 3.63) is 89.0 Å². The van der Waals surface area contributed by atoms with E-state index in [0.717, 1.165) is 32.5 Å². The van der Waals surface area contributed by atoms with E-state index in [1.807, 2.05) is 42.6 Å². The molecular weight excluding hydrogens is 432 g/mol. The molecule has 1 aromatic carbocycles.